The molecule has 0 aliphatic rings. The van der Waals surface area contributed by atoms with Gasteiger partial charge < -0.3 is 9.51 Å². The number of aryl methyl sites for hydroxylation is 2. The summed E-state index contributed by atoms with van der Waals surface area (Å²) in [4.78, 5) is 15.1. The summed E-state index contributed by atoms with van der Waals surface area (Å²) in [6, 6.07) is 4.00. The Morgan fingerprint density at radius 2 is 2.19 bits per heavy atom. The Balaban J connectivity index is 1.76. The molecular formula is C14H15N5O2. The van der Waals surface area contributed by atoms with Gasteiger partial charge in [-0.3, -0.25) is 4.79 Å². The lowest BCUT2D eigenvalue weighted by Gasteiger charge is -1.94. The third kappa shape index (κ3) is 2.91. The fourth-order valence-corrected chi connectivity index (χ4v) is 2.21. The molecule has 0 radical (unpaired) electrons. The quantitative estimate of drug-likeness (QED) is 0.763. The number of carboxylic acids is 1. The van der Waals surface area contributed by atoms with Gasteiger partial charge in [0.25, 0.3) is 0 Å². The second-order valence-corrected chi connectivity index (χ2v) is 4.96. The number of rotatable bonds is 5. The lowest BCUT2D eigenvalue weighted by Crippen LogP contribution is -2.00. The van der Waals surface area contributed by atoms with E-state index in [1.54, 1.807) is 10.9 Å². The maximum Gasteiger partial charge on any atom is 0.303 e. The molecule has 3 heterocycles. The van der Waals surface area contributed by atoms with Crippen LogP contribution in [0.25, 0.3) is 5.65 Å². The number of pyridine rings is 1. The number of carboxylic acid groups (broad SMARTS) is 1. The molecule has 3 rings (SSSR count). The van der Waals surface area contributed by atoms with Crippen molar-refractivity contribution in [2.45, 2.75) is 26.3 Å². The van der Waals surface area contributed by atoms with Gasteiger partial charge in [0, 0.05) is 25.0 Å². The average Bonchev–Trinajstić information content (AvgIpc) is 3.04. The molecule has 0 fully saturated rings. The highest BCUT2D eigenvalue weighted by Gasteiger charge is 2.07. The summed E-state index contributed by atoms with van der Waals surface area (Å²) < 4.78 is 3.65. The van der Waals surface area contributed by atoms with Gasteiger partial charge in [0.1, 0.15) is 5.65 Å². The van der Waals surface area contributed by atoms with Crippen LogP contribution in [-0.2, 0) is 17.8 Å². The lowest BCUT2D eigenvalue weighted by atomic mass is 10.2. The first-order valence-corrected chi connectivity index (χ1v) is 6.66. The number of aromatic nitrogens is 5. The molecule has 0 aliphatic heterocycles. The molecule has 3 aromatic rings. The maximum atomic E-state index is 10.5. The van der Waals surface area contributed by atoms with Crippen LogP contribution in [0.4, 0.5) is 0 Å². The predicted molar refractivity (Wildman–Crippen MR) is 75.0 cm³/mol. The number of hydrogen-bond acceptors (Lipinski definition) is 4. The van der Waals surface area contributed by atoms with Crippen LogP contribution in [0.2, 0.25) is 0 Å². The summed E-state index contributed by atoms with van der Waals surface area (Å²) in [7, 11) is 0. The van der Waals surface area contributed by atoms with Crippen molar-refractivity contribution >= 4 is 11.6 Å². The molecule has 0 saturated heterocycles. The van der Waals surface area contributed by atoms with E-state index < -0.39 is 5.97 Å². The predicted octanol–water partition coefficient (Wildman–Crippen LogP) is 1.30. The van der Waals surface area contributed by atoms with E-state index in [1.807, 2.05) is 35.9 Å². The molecule has 108 valence electrons. The van der Waals surface area contributed by atoms with Crippen LogP contribution in [0.5, 0.6) is 0 Å². The molecule has 0 atom stereocenters. The van der Waals surface area contributed by atoms with Crippen molar-refractivity contribution in [2.75, 3.05) is 0 Å². The van der Waals surface area contributed by atoms with Gasteiger partial charge in [-0.05, 0) is 18.6 Å². The highest BCUT2D eigenvalue weighted by Crippen LogP contribution is 2.11. The molecule has 0 aliphatic carbocycles. The van der Waals surface area contributed by atoms with E-state index in [-0.39, 0.29) is 6.42 Å². The Morgan fingerprint density at radius 1 is 1.33 bits per heavy atom. The zero-order chi connectivity index (χ0) is 14.8. The minimum absolute atomic E-state index is 0.0618. The molecule has 0 aromatic carbocycles. The normalized spacial score (nSPS) is 11.1. The van der Waals surface area contributed by atoms with Crippen LogP contribution in [0.1, 0.15) is 23.4 Å². The van der Waals surface area contributed by atoms with Gasteiger partial charge in [-0.25, -0.2) is 9.67 Å². The van der Waals surface area contributed by atoms with Crippen LogP contribution in [0, 0.1) is 6.92 Å². The van der Waals surface area contributed by atoms with E-state index in [1.165, 1.54) is 0 Å². The summed E-state index contributed by atoms with van der Waals surface area (Å²) >= 11 is 0. The number of fused-ring (bicyclic) bond motifs is 1. The minimum atomic E-state index is -0.833. The highest BCUT2D eigenvalue weighted by molar-refractivity contribution is 5.66. The Labute approximate surface area is 120 Å². The smallest absolute Gasteiger partial charge is 0.303 e. The van der Waals surface area contributed by atoms with Gasteiger partial charge in [0.2, 0.25) is 0 Å². The van der Waals surface area contributed by atoms with Crippen LogP contribution in [0.15, 0.2) is 30.7 Å². The molecule has 3 aromatic heterocycles. The SMILES string of the molecule is Cc1cccn2cc(Cn3cc(CCC(=O)O)nn3)nc12. The molecule has 0 unspecified atom stereocenters. The van der Waals surface area contributed by atoms with Crippen molar-refractivity contribution in [3.8, 4) is 0 Å². The molecule has 0 saturated carbocycles. The number of nitrogens with zero attached hydrogens (tertiary/aromatic N) is 5. The number of aliphatic carboxylic acids is 1. The first-order chi connectivity index (χ1) is 10.1. The second-order valence-electron chi connectivity index (χ2n) is 4.96. The van der Waals surface area contributed by atoms with Crippen LogP contribution < -0.4 is 0 Å². The molecular weight excluding hydrogens is 270 g/mol. The number of carbonyl (C=O) groups is 1. The van der Waals surface area contributed by atoms with Crippen LogP contribution >= 0.6 is 0 Å². The number of hydrogen-bond donors (Lipinski definition) is 1. The standard InChI is InChI=1S/C14H15N5O2/c1-10-3-2-6-18-7-12(15-14(10)18)9-19-8-11(16-17-19)4-5-13(20)21/h2-3,6-8H,4-5,9H2,1H3,(H,20,21). The van der Waals surface area contributed by atoms with E-state index in [2.05, 4.69) is 15.3 Å². The zero-order valence-corrected chi connectivity index (χ0v) is 11.6. The summed E-state index contributed by atoms with van der Waals surface area (Å²) in [5.41, 5.74) is 3.61. The van der Waals surface area contributed by atoms with E-state index in [4.69, 9.17) is 5.11 Å². The van der Waals surface area contributed by atoms with Crippen molar-refractivity contribution in [3.63, 3.8) is 0 Å². The molecule has 0 amide bonds. The average molecular weight is 285 g/mol. The molecule has 7 nitrogen and oxygen atoms in total. The molecule has 0 spiro atoms. The third-order valence-electron chi connectivity index (χ3n) is 3.23. The van der Waals surface area contributed by atoms with Gasteiger partial charge in [-0.2, -0.15) is 0 Å². The number of imidazole rings is 1. The largest absolute Gasteiger partial charge is 0.481 e. The van der Waals surface area contributed by atoms with Crippen molar-refractivity contribution in [2.24, 2.45) is 0 Å². The second kappa shape index (κ2) is 5.35. The van der Waals surface area contributed by atoms with Crippen LogP contribution in [-0.4, -0.2) is 35.5 Å². The molecule has 1 N–H and O–H groups in total. The van der Waals surface area contributed by atoms with Gasteiger partial charge in [0.15, 0.2) is 0 Å². The fraction of sp³-hybridized carbons (Fsp3) is 0.286. The first kappa shape index (κ1) is 13.3. The van der Waals surface area contributed by atoms with Crippen molar-refractivity contribution in [3.05, 3.63) is 47.7 Å². The van der Waals surface area contributed by atoms with Gasteiger partial charge in [0.05, 0.1) is 24.4 Å². The Kier molecular flexibility index (Phi) is 3.39. The van der Waals surface area contributed by atoms with Gasteiger partial charge in [-0.1, -0.05) is 11.3 Å². The van der Waals surface area contributed by atoms with E-state index in [0.717, 1.165) is 16.9 Å². The van der Waals surface area contributed by atoms with Gasteiger partial charge in [-0.15, -0.1) is 5.10 Å². The lowest BCUT2D eigenvalue weighted by molar-refractivity contribution is -0.136. The third-order valence-corrected chi connectivity index (χ3v) is 3.23. The zero-order valence-electron chi connectivity index (χ0n) is 11.6. The molecule has 21 heavy (non-hydrogen) atoms. The highest BCUT2D eigenvalue weighted by atomic mass is 16.4. The summed E-state index contributed by atoms with van der Waals surface area (Å²) in [6.07, 6.45) is 6.13. The monoisotopic (exact) mass is 285 g/mol. The van der Waals surface area contributed by atoms with Crippen molar-refractivity contribution in [1.29, 1.82) is 0 Å². The molecule has 0 bridgehead atoms. The summed E-state index contributed by atoms with van der Waals surface area (Å²) in [5.74, 6) is -0.833. The molecule has 7 heteroatoms. The Hall–Kier alpha value is -2.70. The topological polar surface area (TPSA) is 85.3 Å². The van der Waals surface area contributed by atoms with Crippen molar-refractivity contribution < 1.29 is 9.90 Å². The fourth-order valence-electron chi connectivity index (χ4n) is 2.21. The van der Waals surface area contributed by atoms with Gasteiger partial charge >= 0.3 is 5.97 Å². The maximum absolute atomic E-state index is 10.5. The summed E-state index contributed by atoms with van der Waals surface area (Å²) in [5, 5.41) is 16.6. The first-order valence-electron chi connectivity index (χ1n) is 6.66. The van der Waals surface area contributed by atoms with E-state index in [0.29, 0.717) is 18.7 Å². The Bertz CT molecular complexity index is 790. The van der Waals surface area contributed by atoms with E-state index >= 15 is 0 Å². The Morgan fingerprint density at radius 3 is 2.95 bits per heavy atom. The minimum Gasteiger partial charge on any atom is -0.481 e. The summed E-state index contributed by atoms with van der Waals surface area (Å²) in [6.45, 7) is 2.53. The van der Waals surface area contributed by atoms with Crippen LogP contribution in [0.3, 0.4) is 0 Å². The van der Waals surface area contributed by atoms with E-state index in [9.17, 15) is 4.79 Å². The van der Waals surface area contributed by atoms with Crippen molar-refractivity contribution in [1.82, 2.24) is 24.4 Å².